The summed E-state index contributed by atoms with van der Waals surface area (Å²) in [5.74, 6) is 0.688. The van der Waals surface area contributed by atoms with E-state index >= 15 is 0 Å². The summed E-state index contributed by atoms with van der Waals surface area (Å²) < 4.78 is 6.48. The van der Waals surface area contributed by atoms with Crippen molar-refractivity contribution in [2.24, 2.45) is 5.92 Å². The molecular formula is C28H30BrN3O3S. The van der Waals surface area contributed by atoms with Crippen LogP contribution < -0.4 is 20.3 Å². The van der Waals surface area contributed by atoms with Gasteiger partial charge in [-0.3, -0.25) is 14.9 Å². The van der Waals surface area contributed by atoms with Gasteiger partial charge < -0.3 is 15.0 Å². The Balaban J connectivity index is 1.68. The third kappa shape index (κ3) is 7.38. The largest absolute Gasteiger partial charge is 0.492 e. The number of hydrogen-bond acceptors (Lipinski definition) is 4. The number of anilines is 2. The van der Waals surface area contributed by atoms with E-state index in [4.69, 9.17) is 17.0 Å². The maximum absolute atomic E-state index is 13.3. The molecule has 36 heavy (non-hydrogen) atoms. The van der Waals surface area contributed by atoms with Crippen molar-refractivity contribution in [1.82, 2.24) is 5.32 Å². The molecule has 0 saturated heterocycles. The lowest BCUT2D eigenvalue weighted by atomic mass is 10.1. The van der Waals surface area contributed by atoms with Crippen molar-refractivity contribution in [3.8, 4) is 5.75 Å². The Morgan fingerprint density at radius 2 is 1.72 bits per heavy atom. The molecule has 0 saturated carbocycles. The molecule has 0 heterocycles. The molecule has 0 fully saturated rings. The highest BCUT2D eigenvalue weighted by Crippen LogP contribution is 2.27. The van der Waals surface area contributed by atoms with E-state index in [0.717, 1.165) is 12.1 Å². The number of ether oxygens (including phenoxy) is 1. The van der Waals surface area contributed by atoms with Crippen molar-refractivity contribution in [3.63, 3.8) is 0 Å². The van der Waals surface area contributed by atoms with Crippen LogP contribution in [0, 0.1) is 5.92 Å². The van der Waals surface area contributed by atoms with Crippen LogP contribution in [0.15, 0.2) is 77.3 Å². The first kappa shape index (κ1) is 27.4. The van der Waals surface area contributed by atoms with E-state index in [1.807, 2.05) is 37.3 Å². The van der Waals surface area contributed by atoms with Crippen LogP contribution in [0.2, 0.25) is 0 Å². The maximum atomic E-state index is 13.3. The van der Waals surface area contributed by atoms with E-state index in [1.165, 1.54) is 0 Å². The van der Waals surface area contributed by atoms with E-state index in [2.05, 4.69) is 40.4 Å². The summed E-state index contributed by atoms with van der Waals surface area (Å²) in [7, 11) is 0. The van der Waals surface area contributed by atoms with E-state index in [-0.39, 0.29) is 16.9 Å². The van der Waals surface area contributed by atoms with Crippen LogP contribution in [0.3, 0.4) is 0 Å². The van der Waals surface area contributed by atoms with Gasteiger partial charge in [-0.15, -0.1) is 0 Å². The number of para-hydroxylation sites is 2. The molecule has 3 aromatic carbocycles. The van der Waals surface area contributed by atoms with Crippen molar-refractivity contribution in [3.05, 3.63) is 88.4 Å². The number of halogens is 1. The van der Waals surface area contributed by atoms with Gasteiger partial charge in [0.1, 0.15) is 5.75 Å². The van der Waals surface area contributed by atoms with Gasteiger partial charge in [0, 0.05) is 17.8 Å². The Labute approximate surface area is 226 Å². The highest BCUT2D eigenvalue weighted by Gasteiger charge is 2.20. The molecule has 2 N–H and O–H groups in total. The van der Waals surface area contributed by atoms with Crippen LogP contribution in [0.5, 0.6) is 5.75 Å². The summed E-state index contributed by atoms with van der Waals surface area (Å²) in [6.07, 6.45) is 0.944. The third-order valence-corrected chi connectivity index (χ3v) is 6.23. The Hall–Kier alpha value is -3.23. The first-order valence-corrected chi connectivity index (χ1v) is 13.0. The molecule has 3 rings (SSSR count). The van der Waals surface area contributed by atoms with Crippen molar-refractivity contribution >= 4 is 56.4 Å². The molecule has 0 atom stereocenters. The SMILES string of the molecule is CCN(C(=O)c1ccccc1NC(=S)NC(=O)c1ccc(OCCC(C)C)c(Br)c1)c1ccccc1. The Bertz CT molecular complexity index is 1220. The normalized spacial score (nSPS) is 10.6. The van der Waals surface area contributed by atoms with Gasteiger partial charge in [0.05, 0.1) is 22.3 Å². The van der Waals surface area contributed by atoms with Gasteiger partial charge in [0.2, 0.25) is 0 Å². The molecule has 0 aliphatic heterocycles. The lowest BCUT2D eigenvalue weighted by molar-refractivity contribution is 0.0974. The Morgan fingerprint density at radius 3 is 2.39 bits per heavy atom. The molecule has 0 spiro atoms. The highest BCUT2D eigenvalue weighted by atomic mass is 79.9. The van der Waals surface area contributed by atoms with Gasteiger partial charge in [-0.25, -0.2) is 0 Å². The smallest absolute Gasteiger partial charge is 0.260 e. The van der Waals surface area contributed by atoms with Gasteiger partial charge in [-0.05, 0) is 89.9 Å². The highest BCUT2D eigenvalue weighted by molar-refractivity contribution is 9.10. The Kier molecular flexibility index (Phi) is 10.0. The predicted molar refractivity (Wildman–Crippen MR) is 153 cm³/mol. The number of rotatable bonds is 9. The van der Waals surface area contributed by atoms with Gasteiger partial charge >= 0.3 is 0 Å². The van der Waals surface area contributed by atoms with Crippen LogP contribution in [0.25, 0.3) is 0 Å². The number of carbonyl (C=O) groups is 2. The van der Waals surface area contributed by atoms with Crippen LogP contribution in [-0.4, -0.2) is 30.1 Å². The molecule has 0 bridgehead atoms. The first-order chi connectivity index (χ1) is 17.3. The van der Waals surface area contributed by atoms with Crippen LogP contribution in [0.1, 0.15) is 47.9 Å². The molecule has 0 unspecified atom stereocenters. The molecule has 188 valence electrons. The fourth-order valence-corrected chi connectivity index (χ4v) is 4.16. The summed E-state index contributed by atoms with van der Waals surface area (Å²) in [5.41, 5.74) is 2.19. The number of amides is 2. The van der Waals surface area contributed by atoms with E-state index in [9.17, 15) is 9.59 Å². The van der Waals surface area contributed by atoms with E-state index in [1.54, 1.807) is 47.4 Å². The molecule has 2 amide bonds. The summed E-state index contributed by atoms with van der Waals surface area (Å²) in [6, 6.07) is 21.7. The molecule has 8 heteroatoms. The first-order valence-electron chi connectivity index (χ1n) is 11.8. The zero-order valence-electron chi connectivity index (χ0n) is 20.6. The minimum Gasteiger partial charge on any atom is -0.492 e. The number of nitrogens with zero attached hydrogens (tertiary/aromatic N) is 1. The van der Waals surface area contributed by atoms with Gasteiger partial charge in [0.25, 0.3) is 11.8 Å². The molecule has 3 aromatic rings. The number of benzene rings is 3. The molecular weight excluding hydrogens is 538 g/mol. The molecule has 0 radical (unpaired) electrons. The number of hydrogen-bond donors (Lipinski definition) is 2. The average molecular weight is 569 g/mol. The van der Waals surface area contributed by atoms with Gasteiger partial charge in [-0.1, -0.05) is 44.2 Å². The zero-order chi connectivity index (χ0) is 26.1. The molecule has 0 aliphatic carbocycles. The molecule has 6 nitrogen and oxygen atoms in total. The van der Waals surface area contributed by atoms with Crippen molar-refractivity contribution in [2.75, 3.05) is 23.4 Å². The van der Waals surface area contributed by atoms with Crippen molar-refractivity contribution in [1.29, 1.82) is 0 Å². The minimum absolute atomic E-state index is 0.0939. The van der Waals surface area contributed by atoms with Crippen molar-refractivity contribution < 1.29 is 14.3 Å². The summed E-state index contributed by atoms with van der Waals surface area (Å²) in [5, 5.41) is 5.78. The summed E-state index contributed by atoms with van der Waals surface area (Å²) in [4.78, 5) is 27.8. The predicted octanol–water partition coefficient (Wildman–Crippen LogP) is 6.67. The maximum Gasteiger partial charge on any atom is 0.260 e. The topological polar surface area (TPSA) is 70.7 Å². The second-order valence-electron chi connectivity index (χ2n) is 8.51. The lowest BCUT2D eigenvalue weighted by Crippen LogP contribution is -2.35. The monoisotopic (exact) mass is 567 g/mol. The zero-order valence-corrected chi connectivity index (χ0v) is 23.0. The van der Waals surface area contributed by atoms with Crippen molar-refractivity contribution in [2.45, 2.75) is 27.2 Å². The van der Waals surface area contributed by atoms with Crippen LogP contribution >= 0.6 is 28.1 Å². The van der Waals surface area contributed by atoms with Gasteiger partial charge in [-0.2, -0.15) is 0 Å². The third-order valence-electron chi connectivity index (χ3n) is 5.41. The van der Waals surface area contributed by atoms with E-state index < -0.39 is 0 Å². The molecule has 0 aliphatic rings. The fraction of sp³-hybridized carbons (Fsp3) is 0.250. The number of nitrogens with one attached hydrogen (secondary N) is 2. The number of thiocarbonyl (C=S) groups is 1. The second kappa shape index (κ2) is 13.2. The average Bonchev–Trinajstić information content (AvgIpc) is 2.86. The second-order valence-corrected chi connectivity index (χ2v) is 9.78. The van der Waals surface area contributed by atoms with E-state index in [0.29, 0.717) is 46.1 Å². The van der Waals surface area contributed by atoms with Crippen LogP contribution in [0.4, 0.5) is 11.4 Å². The molecule has 0 aromatic heterocycles. The minimum atomic E-state index is -0.370. The lowest BCUT2D eigenvalue weighted by Gasteiger charge is -2.23. The van der Waals surface area contributed by atoms with Crippen LogP contribution in [-0.2, 0) is 0 Å². The fourth-order valence-electron chi connectivity index (χ4n) is 3.47. The van der Waals surface area contributed by atoms with Gasteiger partial charge in [0.15, 0.2) is 5.11 Å². The summed E-state index contributed by atoms with van der Waals surface area (Å²) in [6.45, 7) is 7.31. The standard InChI is InChI=1S/C28H30BrN3O3S/c1-4-32(21-10-6-5-7-11-21)27(34)22-12-8-9-13-24(22)30-28(36)31-26(33)20-14-15-25(23(29)18-20)35-17-16-19(2)3/h5-15,18-19H,4,16-17H2,1-3H3,(H2,30,31,33,36). The summed E-state index contributed by atoms with van der Waals surface area (Å²) >= 11 is 8.85. The Morgan fingerprint density at radius 1 is 1.03 bits per heavy atom. The quantitative estimate of drug-likeness (QED) is 0.282. The number of carbonyl (C=O) groups excluding carboxylic acids is 2.